The van der Waals surface area contributed by atoms with E-state index in [0.29, 0.717) is 17.7 Å². The van der Waals surface area contributed by atoms with Crippen LogP contribution >= 0.6 is 0 Å². The number of aliphatic hydroxyl groups excluding tert-OH is 1. The molecule has 0 aromatic carbocycles. The van der Waals surface area contributed by atoms with E-state index in [4.69, 9.17) is 0 Å². The van der Waals surface area contributed by atoms with Crippen LogP contribution < -0.4 is 10.9 Å². The maximum atomic E-state index is 11.9. The first-order valence-corrected chi connectivity index (χ1v) is 5.99. The highest BCUT2D eigenvalue weighted by atomic mass is 16.3. The van der Waals surface area contributed by atoms with Crippen molar-refractivity contribution in [1.82, 2.24) is 15.5 Å². The van der Waals surface area contributed by atoms with E-state index in [1.165, 1.54) is 0 Å². The summed E-state index contributed by atoms with van der Waals surface area (Å²) in [5, 5.41) is 18.1. The molecule has 1 heterocycles. The Labute approximate surface area is 105 Å². The largest absolute Gasteiger partial charge is 0.391 e. The fourth-order valence-electron chi connectivity index (χ4n) is 1.63. The Bertz CT molecular complexity index is 482. The smallest absolute Gasteiger partial charge is 0.277 e. The molecule has 0 saturated carbocycles. The second-order valence-corrected chi connectivity index (χ2v) is 4.29. The molecule has 0 saturated heterocycles. The van der Waals surface area contributed by atoms with Gasteiger partial charge >= 0.3 is 0 Å². The summed E-state index contributed by atoms with van der Waals surface area (Å²) in [7, 11) is 0. The lowest BCUT2D eigenvalue weighted by Gasteiger charge is -2.11. The molecular weight excluding hydrogens is 234 g/mol. The molecule has 0 spiro atoms. The molecule has 0 bridgehead atoms. The van der Waals surface area contributed by atoms with Gasteiger partial charge in [-0.2, -0.15) is 5.10 Å². The van der Waals surface area contributed by atoms with Gasteiger partial charge in [-0.1, -0.05) is 13.3 Å². The number of carbonyl (C=O) groups is 1. The summed E-state index contributed by atoms with van der Waals surface area (Å²) >= 11 is 0. The Morgan fingerprint density at radius 1 is 1.50 bits per heavy atom. The van der Waals surface area contributed by atoms with Crippen LogP contribution in [0, 0.1) is 13.8 Å². The number of aromatic amines is 1. The van der Waals surface area contributed by atoms with Crippen molar-refractivity contribution < 1.29 is 9.90 Å². The summed E-state index contributed by atoms with van der Waals surface area (Å²) < 4.78 is 0. The van der Waals surface area contributed by atoms with E-state index in [1.54, 1.807) is 13.8 Å². The molecule has 1 atom stereocenters. The van der Waals surface area contributed by atoms with Crippen molar-refractivity contribution in [3.8, 4) is 0 Å². The molecule has 0 radical (unpaired) electrons. The SMILES string of the molecule is CCCC(O)CNC(=O)c1c(C)c(C)n[nH]c1=O. The molecule has 18 heavy (non-hydrogen) atoms. The summed E-state index contributed by atoms with van der Waals surface area (Å²) in [6, 6.07) is 0. The number of aliphatic hydroxyl groups is 1. The average Bonchev–Trinajstić information content (AvgIpc) is 2.32. The Hall–Kier alpha value is -1.69. The molecule has 100 valence electrons. The quantitative estimate of drug-likeness (QED) is 0.702. The van der Waals surface area contributed by atoms with Crippen LogP contribution in [0.15, 0.2) is 4.79 Å². The third kappa shape index (κ3) is 3.40. The number of aryl methyl sites for hydroxylation is 1. The van der Waals surface area contributed by atoms with Gasteiger partial charge in [0.15, 0.2) is 0 Å². The number of rotatable bonds is 5. The monoisotopic (exact) mass is 253 g/mol. The number of aromatic nitrogens is 2. The van der Waals surface area contributed by atoms with Crippen molar-refractivity contribution in [2.45, 2.75) is 39.7 Å². The molecule has 3 N–H and O–H groups in total. The lowest BCUT2D eigenvalue weighted by atomic mass is 10.1. The Morgan fingerprint density at radius 2 is 2.17 bits per heavy atom. The van der Waals surface area contributed by atoms with Crippen molar-refractivity contribution in [3.63, 3.8) is 0 Å². The minimum atomic E-state index is -0.582. The van der Waals surface area contributed by atoms with E-state index in [9.17, 15) is 14.7 Å². The molecule has 1 rings (SSSR count). The van der Waals surface area contributed by atoms with E-state index in [1.807, 2.05) is 6.92 Å². The second-order valence-electron chi connectivity index (χ2n) is 4.29. The number of H-pyrrole nitrogens is 1. The third-order valence-corrected chi connectivity index (χ3v) is 2.82. The Morgan fingerprint density at radius 3 is 2.78 bits per heavy atom. The first kappa shape index (κ1) is 14.4. The van der Waals surface area contributed by atoms with Crippen molar-refractivity contribution in [1.29, 1.82) is 0 Å². The number of hydrogen-bond donors (Lipinski definition) is 3. The van der Waals surface area contributed by atoms with E-state index >= 15 is 0 Å². The zero-order chi connectivity index (χ0) is 13.7. The summed E-state index contributed by atoms with van der Waals surface area (Å²) in [6.45, 7) is 5.49. The van der Waals surface area contributed by atoms with Gasteiger partial charge in [-0.25, -0.2) is 5.10 Å². The fraction of sp³-hybridized carbons (Fsp3) is 0.583. The van der Waals surface area contributed by atoms with Crippen molar-refractivity contribution >= 4 is 5.91 Å². The molecule has 1 aromatic heterocycles. The summed E-state index contributed by atoms with van der Waals surface area (Å²) in [5.74, 6) is -0.477. The molecule has 6 nitrogen and oxygen atoms in total. The normalized spacial score (nSPS) is 12.2. The van der Waals surface area contributed by atoms with Gasteiger partial charge < -0.3 is 10.4 Å². The summed E-state index contributed by atoms with van der Waals surface area (Å²) in [4.78, 5) is 23.4. The van der Waals surface area contributed by atoms with Crippen molar-refractivity contribution in [2.24, 2.45) is 0 Å². The van der Waals surface area contributed by atoms with Gasteiger partial charge in [0, 0.05) is 6.54 Å². The molecule has 1 aromatic rings. The number of hydrogen-bond acceptors (Lipinski definition) is 4. The van der Waals surface area contributed by atoms with Gasteiger partial charge in [-0.15, -0.1) is 0 Å². The third-order valence-electron chi connectivity index (χ3n) is 2.82. The predicted molar refractivity (Wildman–Crippen MR) is 67.6 cm³/mol. The van der Waals surface area contributed by atoms with Gasteiger partial charge in [0.05, 0.1) is 11.8 Å². The van der Waals surface area contributed by atoms with Crippen LogP contribution in [0.1, 0.15) is 41.4 Å². The number of amides is 1. The minimum Gasteiger partial charge on any atom is -0.391 e. The minimum absolute atomic E-state index is 0.0613. The molecule has 0 aliphatic heterocycles. The maximum absolute atomic E-state index is 11.9. The maximum Gasteiger partial charge on any atom is 0.277 e. The van der Waals surface area contributed by atoms with E-state index < -0.39 is 17.6 Å². The first-order chi connectivity index (χ1) is 8.47. The van der Waals surface area contributed by atoms with E-state index in [-0.39, 0.29) is 12.1 Å². The fourth-order valence-corrected chi connectivity index (χ4v) is 1.63. The lowest BCUT2D eigenvalue weighted by Crippen LogP contribution is -2.36. The van der Waals surface area contributed by atoms with E-state index in [2.05, 4.69) is 15.5 Å². The highest BCUT2D eigenvalue weighted by molar-refractivity contribution is 5.95. The highest BCUT2D eigenvalue weighted by Gasteiger charge is 2.16. The molecule has 1 unspecified atom stereocenters. The van der Waals surface area contributed by atoms with Crippen LogP contribution in [0.4, 0.5) is 0 Å². The van der Waals surface area contributed by atoms with Crippen molar-refractivity contribution in [3.05, 3.63) is 27.2 Å². The zero-order valence-electron chi connectivity index (χ0n) is 10.9. The Kier molecular flexibility index (Phi) is 5.03. The van der Waals surface area contributed by atoms with Crippen LogP contribution in [-0.2, 0) is 0 Å². The van der Waals surface area contributed by atoms with Crippen molar-refractivity contribution in [2.75, 3.05) is 6.54 Å². The summed E-state index contributed by atoms with van der Waals surface area (Å²) in [5.41, 5.74) is 0.710. The molecule has 0 fully saturated rings. The average molecular weight is 253 g/mol. The van der Waals surface area contributed by atoms with Crippen LogP contribution in [0.3, 0.4) is 0 Å². The first-order valence-electron chi connectivity index (χ1n) is 5.99. The van der Waals surface area contributed by atoms with Gasteiger partial charge in [-0.05, 0) is 25.8 Å². The molecular formula is C12H19N3O3. The van der Waals surface area contributed by atoms with Gasteiger partial charge in [0.2, 0.25) is 0 Å². The zero-order valence-corrected chi connectivity index (χ0v) is 10.9. The van der Waals surface area contributed by atoms with Gasteiger partial charge in [0.25, 0.3) is 11.5 Å². The molecule has 1 amide bonds. The molecule has 6 heteroatoms. The predicted octanol–water partition coefficient (Wildman–Crippen LogP) is 0.278. The number of nitrogens with one attached hydrogen (secondary N) is 2. The topological polar surface area (TPSA) is 95.1 Å². The van der Waals surface area contributed by atoms with E-state index in [0.717, 1.165) is 6.42 Å². The van der Waals surface area contributed by atoms with Gasteiger partial charge in [0.1, 0.15) is 5.56 Å². The lowest BCUT2D eigenvalue weighted by molar-refractivity contribution is 0.0907. The number of carbonyl (C=O) groups excluding carboxylic acids is 1. The van der Waals surface area contributed by atoms with Crippen LogP contribution in [0.2, 0.25) is 0 Å². The molecule has 0 aliphatic carbocycles. The standard InChI is InChI=1S/C12H19N3O3/c1-4-5-9(16)6-13-11(17)10-7(2)8(3)14-15-12(10)18/h9,16H,4-6H2,1-3H3,(H,13,17)(H,15,18). The second kappa shape index (κ2) is 6.30. The molecule has 0 aliphatic rings. The summed E-state index contributed by atoms with van der Waals surface area (Å²) in [6.07, 6.45) is 0.872. The van der Waals surface area contributed by atoms with Crippen LogP contribution in [0.5, 0.6) is 0 Å². The van der Waals surface area contributed by atoms with Gasteiger partial charge in [-0.3, -0.25) is 9.59 Å². The van der Waals surface area contributed by atoms with Crippen LogP contribution in [0.25, 0.3) is 0 Å². The highest BCUT2D eigenvalue weighted by Crippen LogP contribution is 2.04. The number of nitrogens with zero attached hydrogens (tertiary/aromatic N) is 1. The van der Waals surface area contributed by atoms with Crippen LogP contribution in [-0.4, -0.2) is 33.9 Å². The Balaban J connectivity index is 2.79.